The Bertz CT molecular complexity index is 312. The molecule has 1 aromatic heterocycles. The number of allylic oxidation sites excluding steroid dienone is 1. The van der Waals surface area contributed by atoms with Gasteiger partial charge >= 0.3 is 0 Å². The number of hydrogen-bond acceptors (Lipinski definition) is 2. The lowest BCUT2D eigenvalue weighted by molar-refractivity contribution is -0.104. The number of aromatic nitrogens is 2. The van der Waals surface area contributed by atoms with E-state index in [-0.39, 0.29) is 0 Å². The lowest BCUT2D eigenvalue weighted by atomic mass is 10.2. The van der Waals surface area contributed by atoms with Gasteiger partial charge in [0, 0.05) is 12.7 Å². The van der Waals surface area contributed by atoms with Crippen molar-refractivity contribution >= 4 is 12.4 Å². The molecule has 0 unspecified atom stereocenters. The Balaban J connectivity index is 2.87. The molecule has 0 saturated carbocycles. The van der Waals surface area contributed by atoms with Crippen LogP contribution >= 0.6 is 0 Å². The molecule has 0 aromatic carbocycles. The molecule has 3 nitrogen and oxygen atoms in total. The van der Waals surface area contributed by atoms with Gasteiger partial charge in [-0.2, -0.15) is 5.10 Å². The average molecular weight is 178 g/mol. The molecule has 0 radical (unpaired) electrons. The minimum atomic E-state index is 0.720. The highest BCUT2D eigenvalue weighted by molar-refractivity contribution is 5.80. The van der Waals surface area contributed by atoms with Crippen LogP contribution in [0.4, 0.5) is 0 Å². The largest absolute Gasteiger partial charge is 0.298 e. The molecule has 1 aromatic rings. The Kier molecular flexibility index (Phi) is 3.43. The first-order chi connectivity index (χ1) is 6.27. The molecule has 70 valence electrons. The maximum absolute atomic E-state index is 10.4. The fourth-order valence-corrected chi connectivity index (χ4v) is 1.13. The van der Waals surface area contributed by atoms with E-state index >= 15 is 0 Å². The van der Waals surface area contributed by atoms with E-state index in [9.17, 15) is 4.79 Å². The summed E-state index contributed by atoms with van der Waals surface area (Å²) in [6, 6.07) is 1.91. The second kappa shape index (κ2) is 4.60. The van der Waals surface area contributed by atoms with E-state index in [0.717, 1.165) is 30.5 Å². The molecular formula is C10H14N2O. The molecule has 0 saturated heterocycles. The number of aryl methyl sites for hydroxylation is 1. The Morgan fingerprint density at radius 1 is 1.69 bits per heavy atom. The molecule has 1 rings (SSSR count). The summed E-state index contributed by atoms with van der Waals surface area (Å²) in [6.45, 7) is 4.78. The molecule has 0 aliphatic heterocycles. The molecule has 0 aliphatic rings. The summed E-state index contributed by atoms with van der Waals surface area (Å²) in [5.74, 6) is 0. The van der Waals surface area contributed by atoms with Crippen LogP contribution < -0.4 is 0 Å². The van der Waals surface area contributed by atoms with E-state index < -0.39 is 0 Å². The summed E-state index contributed by atoms with van der Waals surface area (Å²) >= 11 is 0. The monoisotopic (exact) mass is 178 g/mol. The van der Waals surface area contributed by atoms with Crippen molar-refractivity contribution in [2.75, 3.05) is 0 Å². The predicted octanol–water partition coefficient (Wildman–Crippen LogP) is 1.90. The summed E-state index contributed by atoms with van der Waals surface area (Å²) in [4.78, 5) is 10.4. The Morgan fingerprint density at radius 2 is 2.46 bits per heavy atom. The van der Waals surface area contributed by atoms with Crippen LogP contribution in [0.1, 0.15) is 26.0 Å². The molecule has 0 fully saturated rings. The van der Waals surface area contributed by atoms with Crippen LogP contribution in [-0.4, -0.2) is 16.1 Å². The van der Waals surface area contributed by atoms with Crippen molar-refractivity contribution in [2.45, 2.75) is 26.8 Å². The molecule has 1 heterocycles. The molecule has 3 heteroatoms. The van der Waals surface area contributed by atoms with Crippen LogP contribution in [0.5, 0.6) is 0 Å². The molecule has 0 amide bonds. The Labute approximate surface area is 78.1 Å². The van der Waals surface area contributed by atoms with Crippen molar-refractivity contribution in [2.24, 2.45) is 0 Å². The van der Waals surface area contributed by atoms with Gasteiger partial charge in [0.1, 0.15) is 6.29 Å². The van der Waals surface area contributed by atoms with Gasteiger partial charge in [-0.05, 0) is 31.1 Å². The van der Waals surface area contributed by atoms with E-state index in [4.69, 9.17) is 0 Å². The number of carbonyl (C=O) groups is 1. The first-order valence-electron chi connectivity index (χ1n) is 4.43. The zero-order valence-electron chi connectivity index (χ0n) is 8.03. The van der Waals surface area contributed by atoms with E-state index in [1.54, 1.807) is 13.1 Å². The predicted molar refractivity (Wildman–Crippen MR) is 52.2 cm³/mol. The topological polar surface area (TPSA) is 34.9 Å². The normalized spacial score (nSPS) is 11.7. The van der Waals surface area contributed by atoms with Crippen LogP contribution in [-0.2, 0) is 11.3 Å². The SMILES string of the molecule is CCCn1nccc1/C=C(/C)C=O. The van der Waals surface area contributed by atoms with Gasteiger partial charge in [-0.25, -0.2) is 0 Å². The average Bonchev–Trinajstić information content (AvgIpc) is 2.54. The Morgan fingerprint density at radius 3 is 3.08 bits per heavy atom. The lowest BCUT2D eigenvalue weighted by Crippen LogP contribution is -2.01. The minimum absolute atomic E-state index is 0.720. The molecule has 0 spiro atoms. The van der Waals surface area contributed by atoms with E-state index in [1.165, 1.54) is 0 Å². The van der Waals surface area contributed by atoms with Crippen LogP contribution in [0.15, 0.2) is 17.8 Å². The van der Waals surface area contributed by atoms with Gasteiger partial charge in [-0.3, -0.25) is 9.48 Å². The summed E-state index contributed by atoms with van der Waals surface area (Å²) in [5.41, 5.74) is 1.71. The van der Waals surface area contributed by atoms with Gasteiger partial charge in [-0.15, -0.1) is 0 Å². The van der Waals surface area contributed by atoms with Crippen molar-refractivity contribution in [3.8, 4) is 0 Å². The third-order valence-corrected chi connectivity index (χ3v) is 1.75. The maximum atomic E-state index is 10.4. The van der Waals surface area contributed by atoms with Crippen LogP contribution in [0.25, 0.3) is 6.08 Å². The Hall–Kier alpha value is -1.38. The van der Waals surface area contributed by atoms with Gasteiger partial charge in [0.25, 0.3) is 0 Å². The standard InChI is InChI=1S/C10H14N2O/c1-3-6-12-10(4-5-11-12)7-9(2)8-13/h4-5,7-8H,3,6H2,1-2H3/b9-7-. The summed E-state index contributed by atoms with van der Waals surface area (Å²) in [6.07, 6.45) is 5.49. The van der Waals surface area contributed by atoms with Crippen molar-refractivity contribution in [1.29, 1.82) is 0 Å². The molecule has 0 atom stereocenters. The molecule has 0 aliphatic carbocycles. The maximum Gasteiger partial charge on any atom is 0.145 e. The minimum Gasteiger partial charge on any atom is -0.298 e. The van der Waals surface area contributed by atoms with Gasteiger partial charge in [0.2, 0.25) is 0 Å². The van der Waals surface area contributed by atoms with Crippen molar-refractivity contribution < 1.29 is 4.79 Å². The van der Waals surface area contributed by atoms with E-state index in [1.807, 2.05) is 16.8 Å². The van der Waals surface area contributed by atoms with E-state index in [0.29, 0.717) is 0 Å². The van der Waals surface area contributed by atoms with Gasteiger partial charge in [0.05, 0.1) is 5.69 Å². The third kappa shape index (κ3) is 2.54. The van der Waals surface area contributed by atoms with Crippen molar-refractivity contribution in [1.82, 2.24) is 9.78 Å². The number of nitrogens with zero attached hydrogens (tertiary/aromatic N) is 2. The molecule has 13 heavy (non-hydrogen) atoms. The zero-order chi connectivity index (χ0) is 9.68. The number of hydrogen-bond donors (Lipinski definition) is 0. The van der Waals surface area contributed by atoms with Crippen molar-refractivity contribution in [3.05, 3.63) is 23.5 Å². The zero-order valence-corrected chi connectivity index (χ0v) is 8.03. The number of aldehydes is 1. The van der Waals surface area contributed by atoms with Gasteiger partial charge in [0.15, 0.2) is 0 Å². The summed E-state index contributed by atoms with van der Waals surface area (Å²) in [5, 5.41) is 4.15. The number of carbonyl (C=O) groups excluding carboxylic acids is 1. The fourth-order valence-electron chi connectivity index (χ4n) is 1.13. The van der Waals surface area contributed by atoms with E-state index in [2.05, 4.69) is 12.0 Å². The fraction of sp³-hybridized carbons (Fsp3) is 0.400. The van der Waals surface area contributed by atoms with Gasteiger partial charge < -0.3 is 0 Å². The molecular weight excluding hydrogens is 164 g/mol. The highest BCUT2D eigenvalue weighted by Crippen LogP contribution is 2.05. The quantitative estimate of drug-likeness (QED) is 0.521. The van der Waals surface area contributed by atoms with Crippen LogP contribution in [0.2, 0.25) is 0 Å². The van der Waals surface area contributed by atoms with Crippen LogP contribution in [0.3, 0.4) is 0 Å². The second-order valence-corrected chi connectivity index (χ2v) is 2.99. The third-order valence-electron chi connectivity index (χ3n) is 1.75. The highest BCUT2D eigenvalue weighted by Gasteiger charge is 1.97. The lowest BCUT2D eigenvalue weighted by Gasteiger charge is -2.01. The molecule has 0 N–H and O–H groups in total. The first kappa shape index (κ1) is 9.71. The van der Waals surface area contributed by atoms with Crippen LogP contribution in [0, 0.1) is 0 Å². The smallest absolute Gasteiger partial charge is 0.145 e. The van der Waals surface area contributed by atoms with Gasteiger partial charge in [-0.1, -0.05) is 6.92 Å². The highest BCUT2D eigenvalue weighted by atomic mass is 16.1. The number of rotatable bonds is 4. The van der Waals surface area contributed by atoms with Crippen molar-refractivity contribution in [3.63, 3.8) is 0 Å². The second-order valence-electron chi connectivity index (χ2n) is 2.99. The first-order valence-corrected chi connectivity index (χ1v) is 4.43. The molecule has 0 bridgehead atoms. The summed E-state index contributed by atoms with van der Waals surface area (Å²) < 4.78 is 1.90. The summed E-state index contributed by atoms with van der Waals surface area (Å²) in [7, 11) is 0.